The van der Waals surface area contributed by atoms with Crippen molar-refractivity contribution >= 4 is 32.7 Å². The molecule has 10 heteroatoms. The van der Waals surface area contributed by atoms with Gasteiger partial charge in [-0.15, -0.1) is 0 Å². The first-order valence-electron chi connectivity index (χ1n) is 9.30. The molecule has 7 nitrogen and oxygen atoms in total. The molecule has 0 bridgehead atoms. The standard InChI is InChI=1S/C20H22F2N4O3S/c1-4-26-18-8-6-14(30(28,29)25(2)3)12-17(18)24-19(26)9-10-20(27)23-13-5-7-15(21)16(22)11-13/h5-8,11-12H,4,9-10H2,1-3H3,(H,23,27). The molecule has 0 aliphatic carbocycles. The van der Waals surface area contributed by atoms with Crippen molar-refractivity contribution in [2.24, 2.45) is 0 Å². The van der Waals surface area contributed by atoms with E-state index in [1.807, 2.05) is 11.5 Å². The van der Waals surface area contributed by atoms with E-state index in [0.717, 1.165) is 22.0 Å². The first-order valence-corrected chi connectivity index (χ1v) is 10.7. The molecule has 0 aliphatic rings. The van der Waals surface area contributed by atoms with Crippen molar-refractivity contribution in [2.45, 2.75) is 31.2 Å². The number of hydrogen-bond acceptors (Lipinski definition) is 4. The minimum atomic E-state index is -3.58. The van der Waals surface area contributed by atoms with Gasteiger partial charge in [0.1, 0.15) is 5.82 Å². The summed E-state index contributed by atoms with van der Waals surface area (Å²) in [5.74, 6) is -1.76. The van der Waals surface area contributed by atoms with Gasteiger partial charge in [-0.25, -0.2) is 26.5 Å². The molecule has 3 rings (SSSR count). The Morgan fingerprint density at radius 2 is 1.87 bits per heavy atom. The molecule has 30 heavy (non-hydrogen) atoms. The van der Waals surface area contributed by atoms with Gasteiger partial charge in [-0.3, -0.25) is 4.79 Å². The summed E-state index contributed by atoms with van der Waals surface area (Å²) >= 11 is 0. The molecule has 1 amide bonds. The molecule has 160 valence electrons. The number of fused-ring (bicyclic) bond motifs is 1. The topological polar surface area (TPSA) is 84.3 Å². The maximum absolute atomic E-state index is 13.3. The van der Waals surface area contributed by atoms with Crippen molar-refractivity contribution in [1.82, 2.24) is 13.9 Å². The van der Waals surface area contributed by atoms with E-state index in [0.29, 0.717) is 24.3 Å². The van der Waals surface area contributed by atoms with Gasteiger partial charge in [-0.1, -0.05) is 0 Å². The number of carbonyl (C=O) groups excluding carboxylic acids is 1. The molecule has 1 heterocycles. The monoisotopic (exact) mass is 436 g/mol. The summed E-state index contributed by atoms with van der Waals surface area (Å²) in [5.41, 5.74) is 1.46. The molecule has 0 atom stereocenters. The predicted octanol–water partition coefficient (Wildman–Crippen LogP) is 3.16. The molecule has 3 aromatic rings. The number of nitrogens with one attached hydrogen (secondary N) is 1. The van der Waals surface area contributed by atoms with Gasteiger partial charge < -0.3 is 9.88 Å². The molecule has 1 N–H and O–H groups in total. The summed E-state index contributed by atoms with van der Waals surface area (Å²) in [5, 5.41) is 2.53. The van der Waals surface area contributed by atoms with E-state index in [4.69, 9.17) is 0 Å². The summed E-state index contributed by atoms with van der Waals surface area (Å²) in [6, 6.07) is 7.90. The van der Waals surface area contributed by atoms with Crippen LogP contribution in [0.3, 0.4) is 0 Å². The Morgan fingerprint density at radius 1 is 1.13 bits per heavy atom. The number of hydrogen-bond donors (Lipinski definition) is 1. The van der Waals surface area contributed by atoms with Gasteiger partial charge in [0.25, 0.3) is 0 Å². The Balaban J connectivity index is 1.79. The van der Waals surface area contributed by atoms with Gasteiger partial charge in [-0.2, -0.15) is 0 Å². The van der Waals surface area contributed by atoms with Gasteiger partial charge in [-0.05, 0) is 37.3 Å². The minimum Gasteiger partial charge on any atom is -0.328 e. The van der Waals surface area contributed by atoms with Crippen LogP contribution in [0, 0.1) is 11.6 Å². The van der Waals surface area contributed by atoms with Crippen molar-refractivity contribution in [1.29, 1.82) is 0 Å². The largest absolute Gasteiger partial charge is 0.328 e. The number of amides is 1. The Kier molecular flexibility index (Phi) is 6.18. The fourth-order valence-electron chi connectivity index (χ4n) is 3.10. The molecule has 2 aromatic carbocycles. The van der Waals surface area contributed by atoms with Gasteiger partial charge in [0.2, 0.25) is 15.9 Å². The number of benzene rings is 2. The average molecular weight is 436 g/mol. The molecule has 0 unspecified atom stereocenters. The highest BCUT2D eigenvalue weighted by Crippen LogP contribution is 2.23. The zero-order chi connectivity index (χ0) is 22.1. The first kappa shape index (κ1) is 21.8. The van der Waals surface area contributed by atoms with E-state index in [2.05, 4.69) is 10.3 Å². The summed E-state index contributed by atoms with van der Waals surface area (Å²) in [6.07, 6.45) is 0.374. The Bertz CT molecular complexity index is 1210. The predicted molar refractivity (Wildman–Crippen MR) is 110 cm³/mol. The summed E-state index contributed by atoms with van der Waals surface area (Å²) in [7, 11) is -0.664. The lowest BCUT2D eigenvalue weighted by molar-refractivity contribution is -0.116. The molecular weight excluding hydrogens is 414 g/mol. The summed E-state index contributed by atoms with van der Waals surface area (Å²) < 4.78 is 54.0. The zero-order valence-corrected chi connectivity index (χ0v) is 17.6. The Hall–Kier alpha value is -2.85. The maximum Gasteiger partial charge on any atom is 0.242 e. The highest BCUT2D eigenvalue weighted by atomic mass is 32.2. The third-order valence-corrected chi connectivity index (χ3v) is 6.48. The van der Waals surface area contributed by atoms with E-state index < -0.39 is 21.7 Å². The number of carbonyl (C=O) groups is 1. The lowest BCUT2D eigenvalue weighted by Crippen LogP contribution is -2.22. The average Bonchev–Trinajstić information content (AvgIpc) is 3.05. The molecular formula is C20H22F2N4O3S. The van der Waals surface area contributed by atoms with Crippen LogP contribution in [0.4, 0.5) is 14.5 Å². The fourth-order valence-corrected chi connectivity index (χ4v) is 4.02. The number of imidazole rings is 1. The molecule has 1 aromatic heterocycles. The number of anilines is 1. The van der Waals surface area contributed by atoms with Gasteiger partial charge in [0.15, 0.2) is 11.6 Å². The van der Waals surface area contributed by atoms with Crippen molar-refractivity contribution in [3.63, 3.8) is 0 Å². The Labute approximate surface area is 173 Å². The SMILES string of the molecule is CCn1c(CCC(=O)Nc2ccc(F)c(F)c2)nc2cc(S(=O)(=O)N(C)C)ccc21. The van der Waals surface area contributed by atoms with Crippen LogP contribution < -0.4 is 5.32 Å². The third-order valence-electron chi connectivity index (χ3n) is 4.67. The maximum atomic E-state index is 13.3. The third kappa shape index (κ3) is 4.34. The van der Waals surface area contributed by atoms with Crippen LogP contribution in [0.5, 0.6) is 0 Å². The number of aromatic nitrogens is 2. The van der Waals surface area contributed by atoms with E-state index in [1.165, 1.54) is 32.3 Å². The second kappa shape index (κ2) is 8.49. The zero-order valence-electron chi connectivity index (χ0n) is 16.8. The quantitative estimate of drug-likeness (QED) is 0.617. The van der Waals surface area contributed by atoms with Crippen LogP contribution in [-0.4, -0.2) is 42.3 Å². The van der Waals surface area contributed by atoms with Gasteiger partial charge in [0, 0.05) is 45.2 Å². The molecule has 0 fully saturated rings. The smallest absolute Gasteiger partial charge is 0.242 e. The van der Waals surface area contributed by atoms with Crippen molar-refractivity contribution in [2.75, 3.05) is 19.4 Å². The van der Waals surface area contributed by atoms with E-state index in [1.54, 1.807) is 6.07 Å². The van der Waals surface area contributed by atoms with Gasteiger partial charge in [0.05, 0.1) is 15.9 Å². The summed E-state index contributed by atoms with van der Waals surface area (Å²) in [6.45, 7) is 2.52. The van der Waals surface area contributed by atoms with Gasteiger partial charge >= 0.3 is 0 Å². The normalized spacial score (nSPS) is 11.9. The van der Waals surface area contributed by atoms with Crippen LogP contribution in [0.15, 0.2) is 41.3 Å². The second-order valence-corrected chi connectivity index (χ2v) is 9.04. The van der Waals surface area contributed by atoms with E-state index in [-0.39, 0.29) is 22.9 Å². The van der Waals surface area contributed by atoms with Crippen molar-refractivity contribution in [3.05, 3.63) is 53.9 Å². The number of sulfonamides is 1. The van der Waals surface area contributed by atoms with Crippen LogP contribution >= 0.6 is 0 Å². The van der Waals surface area contributed by atoms with Crippen molar-refractivity contribution < 1.29 is 22.0 Å². The van der Waals surface area contributed by atoms with Crippen molar-refractivity contribution in [3.8, 4) is 0 Å². The summed E-state index contributed by atoms with van der Waals surface area (Å²) in [4.78, 5) is 16.9. The van der Waals surface area contributed by atoms with Crippen LogP contribution in [0.1, 0.15) is 19.2 Å². The number of rotatable bonds is 7. The second-order valence-electron chi connectivity index (χ2n) is 6.89. The number of halogens is 2. The highest BCUT2D eigenvalue weighted by molar-refractivity contribution is 7.89. The minimum absolute atomic E-state index is 0.0746. The van der Waals surface area contributed by atoms with E-state index >= 15 is 0 Å². The number of aryl methyl sites for hydroxylation is 2. The number of nitrogens with zero attached hydrogens (tertiary/aromatic N) is 3. The molecule has 0 saturated heterocycles. The lowest BCUT2D eigenvalue weighted by atomic mass is 10.2. The fraction of sp³-hybridized carbons (Fsp3) is 0.300. The molecule has 0 aliphatic heterocycles. The lowest BCUT2D eigenvalue weighted by Gasteiger charge is -2.11. The highest BCUT2D eigenvalue weighted by Gasteiger charge is 2.19. The van der Waals surface area contributed by atoms with Crippen LogP contribution in [0.2, 0.25) is 0 Å². The molecule has 0 saturated carbocycles. The van der Waals surface area contributed by atoms with Crippen LogP contribution in [-0.2, 0) is 27.8 Å². The molecule has 0 spiro atoms. The Morgan fingerprint density at radius 3 is 2.50 bits per heavy atom. The van der Waals surface area contributed by atoms with E-state index in [9.17, 15) is 22.0 Å². The van der Waals surface area contributed by atoms with Crippen LogP contribution in [0.25, 0.3) is 11.0 Å². The first-order chi connectivity index (χ1) is 14.1. The molecule has 0 radical (unpaired) electrons.